The second-order valence-electron chi connectivity index (χ2n) is 6.54. The molecule has 140 valence electrons. The van der Waals surface area contributed by atoms with Crippen LogP contribution in [0.3, 0.4) is 0 Å². The number of benzene rings is 3. The SMILES string of the molecule is NC(=O)c1ccc(NC(=O)CC2c3ccccc3Oc3ccccc32)c(F)c1. The van der Waals surface area contributed by atoms with Crippen LogP contribution in [0.15, 0.2) is 66.7 Å². The molecule has 1 aliphatic rings. The van der Waals surface area contributed by atoms with Crippen molar-refractivity contribution >= 4 is 17.5 Å². The molecular formula is C22H17FN2O3. The molecular weight excluding hydrogens is 359 g/mol. The van der Waals surface area contributed by atoms with Crippen LogP contribution in [0.2, 0.25) is 0 Å². The maximum absolute atomic E-state index is 14.2. The molecule has 0 radical (unpaired) electrons. The number of nitrogens with two attached hydrogens (primary N) is 1. The fourth-order valence-corrected chi connectivity index (χ4v) is 3.38. The van der Waals surface area contributed by atoms with Crippen LogP contribution in [-0.4, -0.2) is 11.8 Å². The van der Waals surface area contributed by atoms with E-state index in [1.54, 1.807) is 0 Å². The van der Waals surface area contributed by atoms with Crippen molar-refractivity contribution in [2.45, 2.75) is 12.3 Å². The van der Waals surface area contributed by atoms with Gasteiger partial charge in [0.2, 0.25) is 11.8 Å². The summed E-state index contributed by atoms with van der Waals surface area (Å²) in [7, 11) is 0. The first-order valence-electron chi connectivity index (χ1n) is 8.78. The Balaban J connectivity index is 1.59. The first kappa shape index (κ1) is 17.7. The minimum absolute atomic E-state index is 0.00336. The second kappa shape index (κ2) is 7.15. The van der Waals surface area contributed by atoms with Gasteiger partial charge in [-0.3, -0.25) is 9.59 Å². The summed E-state index contributed by atoms with van der Waals surface area (Å²) in [4.78, 5) is 23.8. The highest BCUT2D eigenvalue weighted by molar-refractivity contribution is 5.95. The van der Waals surface area contributed by atoms with Crippen molar-refractivity contribution in [2.24, 2.45) is 5.73 Å². The number of ether oxygens (including phenoxy) is 1. The molecule has 5 nitrogen and oxygen atoms in total. The molecule has 0 aliphatic carbocycles. The standard InChI is InChI=1S/C22H17FN2O3/c23-17-11-13(22(24)27)9-10-18(17)25-21(26)12-16-14-5-1-3-7-19(14)28-20-8-4-2-6-15(16)20/h1-11,16H,12H2,(H2,24,27)(H,25,26). The average molecular weight is 376 g/mol. The summed E-state index contributed by atoms with van der Waals surface area (Å²) in [5, 5.41) is 2.58. The lowest BCUT2D eigenvalue weighted by atomic mass is 9.85. The van der Waals surface area contributed by atoms with Crippen LogP contribution in [0.25, 0.3) is 0 Å². The number of hydrogen-bond acceptors (Lipinski definition) is 3. The van der Waals surface area contributed by atoms with Crippen LogP contribution < -0.4 is 15.8 Å². The monoisotopic (exact) mass is 376 g/mol. The summed E-state index contributed by atoms with van der Waals surface area (Å²) in [5.41, 5.74) is 7.00. The van der Waals surface area contributed by atoms with Crippen molar-refractivity contribution in [1.29, 1.82) is 0 Å². The Morgan fingerprint density at radius 2 is 1.57 bits per heavy atom. The van der Waals surface area contributed by atoms with Gasteiger partial charge in [0.05, 0.1) is 5.69 Å². The fourth-order valence-electron chi connectivity index (χ4n) is 3.38. The molecule has 0 spiro atoms. The van der Waals surface area contributed by atoms with Gasteiger partial charge in [0.15, 0.2) is 0 Å². The number of nitrogens with one attached hydrogen (secondary N) is 1. The van der Waals surface area contributed by atoms with Crippen LogP contribution in [-0.2, 0) is 4.79 Å². The third-order valence-corrected chi connectivity index (χ3v) is 4.73. The van der Waals surface area contributed by atoms with Gasteiger partial charge in [-0.25, -0.2) is 4.39 Å². The van der Waals surface area contributed by atoms with Gasteiger partial charge in [-0.2, -0.15) is 0 Å². The molecule has 0 saturated heterocycles. The van der Waals surface area contributed by atoms with Gasteiger partial charge >= 0.3 is 0 Å². The highest BCUT2D eigenvalue weighted by Crippen LogP contribution is 2.45. The lowest BCUT2D eigenvalue weighted by Crippen LogP contribution is -2.20. The Bertz CT molecular complexity index is 1040. The third kappa shape index (κ3) is 3.32. The lowest BCUT2D eigenvalue weighted by molar-refractivity contribution is -0.116. The van der Waals surface area contributed by atoms with Gasteiger partial charge in [0, 0.05) is 29.0 Å². The summed E-state index contributed by atoms with van der Waals surface area (Å²) in [5.74, 6) is -0.590. The number of halogens is 1. The maximum Gasteiger partial charge on any atom is 0.248 e. The molecule has 3 N–H and O–H groups in total. The molecule has 0 saturated carbocycles. The molecule has 1 heterocycles. The zero-order valence-corrected chi connectivity index (χ0v) is 14.8. The molecule has 28 heavy (non-hydrogen) atoms. The molecule has 0 aromatic heterocycles. The van der Waals surface area contributed by atoms with E-state index in [-0.39, 0.29) is 29.5 Å². The molecule has 1 aliphatic heterocycles. The van der Waals surface area contributed by atoms with Crippen molar-refractivity contribution < 1.29 is 18.7 Å². The number of rotatable bonds is 4. The van der Waals surface area contributed by atoms with Crippen molar-refractivity contribution in [3.8, 4) is 11.5 Å². The van der Waals surface area contributed by atoms with Gasteiger partial charge < -0.3 is 15.8 Å². The largest absolute Gasteiger partial charge is 0.457 e. The number of amides is 2. The van der Waals surface area contributed by atoms with E-state index in [0.717, 1.165) is 17.2 Å². The van der Waals surface area contributed by atoms with E-state index in [9.17, 15) is 14.0 Å². The quantitative estimate of drug-likeness (QED) is 0.716. The summed E-state index contributed by atoms with van der Waals surface area (Å²) >= 11 is 0. The van der Waals surface area contributed by atoms with Gasteiger partial charge in [0.25, 0.3) is 0 Å². The fraction of sp³-hybridized carbons (Fsp3) is 0.0909. The molecule has 0 atom stereocenters. The molecule has 0 fully saturated rings. The van der Waals surface area contributed by atoms with Crippen LogP contribution in [0.5, 0.6) is 11.5 Å². The summed E-state index contributed by atoms with van der Waals surface area (Å²) < 4.78 is 20.1. The van der Waals surface area contributed by atoms with E-state index in [1.165, 1.54) is 12.1 Å². The van der Waals surface area contributed by atoms with E-state index in [2.05, 4.69) is 5.32 Å². The summed E-state index contributed by atoms with van der Waals surface area (Å²) in [6.45, 7) is 0. The Hall–Kier alpha value is -3.67. The zero-order chi connectivity index (χ0) is 19.7. The number of hydrogen-bond donors (Lipinski definition) is 2. The van der Waals surface area contributed by atoms with E-state index in [1.807, 2.05) is 48.5 Å². The van der Waals surface area contributed by atoms with Crippen molar-refractivity contribution in [2.75, 3.05) is 5.32 Å². The van der Waals surface area contributed by atoms with Crippen LogP contribution in [0, 0.1) is 5.82 Å². The Morgan fingerprint density at radius 1 is 0.964 bits per heavy atom. The first-order chi connectivity index (χ1) is 13.5. The van der Waals surface area contributed by atoms with Crippen molar-refractivity contribution in [3.63, 3.8) is 0 Å². The number of carbonyl (C=O) groups excluding carboxylic acids is 2. The molecule has 3 aromatic rings. The van der Waals surface area contributed by atoms with Gasteiger partial charge in [-0.15, -0.1) is 0 Å². The highest BCUT2D eigenvalue weighted by Gasteiger charge is 2.28. The smallest absolute Gasteiger partial charge is 0.248 e. The predicted octanol–water partition coefficient (Wildman–Crippen LogP) is 4.19. The molecule has 3 aromatic carbocycles. The summed E-state index contributed by atoms with van der Waals surface area (Å²) in [6, 6.07) is 18.8. The second-order valence-corrected chi connectivity index (χ2v) is 6.54. The first-order valence-corrected chi connectivity index (χ1v) is 8.78. The number of fused-ring (bicyclic) bond motifs is 2. The molecule has 4 rings (SSSR count). The van der Waals surface area contributed by atoms with E-state index in [4.69, 9.17) is 10.5 Å². The highest BCUT2D eigenvalue weighted by atomic mass is 19.1. The van der Waals surface area contributed by atoms with Crippen LogP contribution in [0.4, 0.5) is 10.1 Å². The number of carbonyl (C=O) groups is 2. The van der Waals surface area contributed by atoms with Gasteiger partial charge in [-0.1, -0.05) is 36.4 Å². The topological polar surface area (TPSA) is 81.4 Å². The minimum Gasteiger partial charge on any atom is -0.457 e. The number of primary amides is 1. The minimum atomic E-state index is -0.729. The molecule has 2 amide bonds. The van der Waals surface area contributed by atoms with Gasteiger partial charge in [0.1, 0.15) is 17.3 Å². The lowest BCUT2D eigenvalue weighted by Gasteiger charge is -2.27. The molecule has 6 heteroatoms. The maximum atomic E-state index is 14.2. The van der Waals surface area contributed by atoms with Gasteiger partial charge in [-0.05, 0) is 30.3 Å². The number of anilines is 1. The van der Waals surface area contributed by atoms with E-state index in [0.29, 0.717) is 11.5 Å². The van der Waals surface area contributed by atoms with E-state index >= 15 is 0 Å². The Labute approximate surface area is 160 Å². The molecule has 0 unspecified atom stereocenters. The zero-order valence-electron chi connectivity index (χ0n) is 14.8. The Kier molecular flexibility index (Phi) is 4.53. The average Bonchev–Trinajstić information content (AvgIpc) is 2.69. The number of para-hydroxylation sites is 2. The summed E-state index contributed by atoms with van der Waals surface area (Å²) in [6.07, 6.45) is 0.119. The Morgan fingerprint density at radius 3 is 2.14 bits per heavy atom. The van der Waals surface area contributed by atoms with E-state index < -0.39 is 11.7 Å². The predicted molar refractivity (Wildman–Crippen MR) is 103 cm³/mol. The van der Waals surface area contributed by atoms with Crippen LogP contribution >= 0.6 is 0 Å². The molecule has 0 bridgehead atoms. The normalized spacial score (nSPS) is 12.5. The van der Waals surface area contributed by atoms with Crippen LogP contribution in [0.1, 0.15) is 33.8 Å². The van der Waals surface area contributed by atoms with Crippen molar-refractivity contribution in [1.82, 2.24) is 0 Å². The van der Waals surface area contributed by atoms with Crippen molar-refractivity contribution in [3.05, 3.63) is 89.2 Å². The third-order valence-electron chi connectivity index (χ3n) is 4.73.